The molecule has 1 aromatic rings. The van der Waals surface area contributed by atoms with Gasteiger partial charge >= 0.3 is 5.97 Å². The molecule has 5 heteroatoms. The summed E-state index contributed by atoms with van der Waals surface area (Å²) in [5.74, 6) is -0.698. The Morgan fingerprint density at radius 3 is 3.06 bits per heavy atom. The van der Waals surface area contributed by atoms with Crippen molar-refractivity contribution in [1.82, 2.24) is 14.7 Å². The molecule has 1 saturated heterocycles. The predicted octanol–water partition coefficient (Wildman–Crippen LogP) is 0.822. The Morgan fingerprint density at radius 1 is 1.50 bits per heavy atom. The van der Waals surface area contributed by atoms with Crippen molar-refractivity contribution >= 4 is 5.97 Å². The van der Waals surface area contributed by atoms with Gasteiger partial charge in [0.2, 0.25) is 0 Å². The van der Waals surface area contributed by atoms with Crippen LogP contribution in [0.15, 0.2) is 18.5 Å². The first-order chi connectivity index (χ1) is 7.75. The first-order valence-electron chi connectivity index (χ1n) is 5.69. The lowest BCUT2D eigenvalue weighted by molar-refractivity contribution is -0.138. The molecule has 1 aliphatic rings. The molecule has 1 aliphatic heterocycles. The normalized spacial score (nSPS) is 21.4. The first kappa shape index (κ1) is 11.1. The van der Waals surface area contributed by atoms with Crippen LogP contribution >= 0.6 is 0 Å². The average molecular weight is 223 g/mol. The molecule has 0 bridgehead atoms. The summed E-state index contributed by atoms with van der Waals surface area (Å²) in [4.78, 5) is 12.9. The van der Waals surface area contributed by atoms with Gasteiger partial charge < -0.3 is 5.11 Å². The van der Waals surface area contributed by atoms with Gasteiger partial charge in [0.25, 0.3) is 0 Å². The Hall–Kier alpha value is -1.36. The number of hydrogen-bond acceptors (Lipinski definition) is 3. The summed E-state index contributed by atoms with van der Waals surface area (Å²) >= 11 is 0. The van der Waals surface area contributed by atoms with Crippen molar-refractivity contribution < 1.29 is 9.90 Å². The number of aromatic nitrogens is 2. The van der Waals surface area contributed by atoms with Crippen LogP contribution in [0.5, 0.6) is 0 Å². The molecular formula is C11H17N3O2. The molecule has 2 rings (SSSR count). The maximum Gasteiger partial charge on any atom is 0.304 e. The van der Waals surface area contributed by atoms with Crippen LogP contribution in [0, 0.1) is 0 Å². The Bertz CT molecular complexity index is 337. The molecule has 0 aromatic carbocycles. The van der Waals surface area contributed by atoms with Gasteiger partial charge in [-0.1, -0.05) is 0 Å². The van der Waals surface area contributed by atoms with Crippen LogP contribution < -0.4 is 0 Å². The molecule has 1 unspecified atom stereocenters. The van der Waals surface area contributed by atoms with Crippen molar-refractivity contribution in [3.8, 4) is 0 Å². The van der Waals surface area contributed by atoms with E-state index in [1.54, 1.807) is 6.20 Å². The molecule has 5 nitrogen and oxygen atoms in total. The van der Waals surface area contributed by atoms with Crippen molar-refractivity contribution in [3.63, 3.8) is 0 Å². The van der Waals surface area contributed by atoms with E-state index in [1.165, 1.54) is 0 Å². The summed E-state index contributed by atoms with van der Waals surface area (Å²) in [5, 5.41) is 12.9. The summed E-state index contributed by atoms with van der Waals surface area (Å²) in [6.45, 7) is 2.74. The second kappa shape index (κ2) is 5.12. The van der Waals surface area contributed by atoms with Gasteiger partial charge in [-0.2, -0.15) is 5.10 Å². The van der Waals surface area contributed by atoms with Gasteiger partial charge in [-0.05, 0) is 25.5 Å². The largest absolute Gasteiger partial charge is 0.481 e. The van der Waals surface area contributed by atoms with Crippen molar-refractivity contribution in [2.45, 2.75) is 31.8 Å². The minimum atomic E-state index is -0.698. The van der Waals surface area contributed by atoms with Crippen LogP contribution in [0.1, 0.15) is 19.3 Å². The lowest BCUT2D eigenvalue weighted by Gasteiger charge is -2.22. The Labute approximate surface area is 94.7 Å². The fourth-order valence-electron chi connectivity index (χ4n) is 2.29. The van der Waals surface area contributed by atoms with E-state index in [2.05, 4.69) is 10.00 Å². The van der Waals surface area contributed by atoms with Crippen LogP contribution in [0.3, 0.4) is 0 Å². The van der Waals surface area contributed by atoms with E-state index < -0.39 is 5.97 Å². The van der Waals surface area contributed by atoms with Gasteiger partial charge in [0.15, 0.2) is 0 Å². The lowest BCUT2D eigenvalue weighted by Crippen LogP contribution is -2.34. The van der Waals surface area contributed by atoms with E-state index >= 15 is 0 Å². The number of likely N-dealkylation sites (tertiary alicyclic amines) is 1. The number of carboxylic acids is 1. The number of rotatable bonds is 5. The van der Waals surface area contributed by atoms with Crippen molar-refractivity contribution in [1.29, 1.82) is 0 Å². The second-order valence-corrected chi connectivity index (χ2v) is 4.20. The van der Waals surface area contributed by atoms with Gasteiger partial charge in [0, 0.05) is 25.0 Å². The monoisotopic (exact) mass is 223 g/mol. The summed E-state index contributed by atoms with van der Waals surface area (Å²) < 4.78 is 1.89. The highest BCUT2D eigenvalue weighted by atomic mass is 16.4. The van der Waals surface area contributed by atoms with E-state index in [0.717, 1.165) is 32.5 Å². The standard InChI is InChI=1S/C11H17N3O2/c15-11(16)9-10-3-1-5-13(10)7-8-14-6-2-4-12-14/h2,4,6,10H,1,3,5,7-9H2,(H,15,16). The van der Waals surface area contributed by atoms with Crippen LogP contribution in [-0.2, 0) is 11.3 Å². The van der Waals surface area contributed by atoms with Gasteiger partial charge in [-0.25, -0.2) is 0 Å². The third-order valence-electron chi connectivity index (χ3n) is 3.08. The highest BCUT2D eigenvalue weighted by Crippen LogP contribution is 2.19. The minimum Gasteiger partial charge on any atom is -0.481 e. The fourth-order valence-corrected chi connectivity index (χ4v) is 2.29. The van der Waals surface area contributed by atoms with Crippen molar-refractivity contribution in [2.75, 3.05) is 13.1 Å². The fraction of sp³-hybridized carbons (Fsp3) is 0.636. The highest BCUT2D eigenvalue weighted by Gasteiger charge is 2.25. The highest BCUT2D eigenvalue weighted by molar-refractivity contribution is 5.67. The molecule has 88 valence electrons. The summed E-state index contributed by atoms with van der Waals surface area (Å²) in [6.07, 6.45) is 6.07. The quantitative estimate of drug-likeness (QED) is 0.803. The minimum absolute atomic E-state index is 0.216. The molecule has 2 heterocycles. The number of aliphatic carboxylic acids is 1. The summed E-state index contributed by atoms with van der Waals surface area (Å²) in [7, 11) is 0. The number of hydrogen-bond donors (Lipinski definition) is 1. The van der Waals surface area contributed by atoms with Gasteiger partial charge in [0.05, 0.1) is 13.0 Å². The van der Waals surface area contributed by atoms with E-state index in [1.807, 2.05) is 16.9 Å². The number of carboxylic acid groups (broad SMARTS) is 1. The average Bonchev–Trinajstić information content (AvgIpc) is 2.84. The number of carbonyl (C=O) groups is 1. The second-order valence-electron chi connectivity index (χ2n) is 4.20. The zero-order chi connectivity index (χ0) is 11.4. The smallest absolute Gasteiger partial charge is 0.304 e. The molecule has 0 amide bonds. The van der Waals surface area contributed by atoms with Crippen LogP contribution in [0.25, 0.3) is 0 Å². The lowest BCUT2D eigenvalue weighted by atomic mass is 10.1. The Morgan fingerprint density at radius 2 is 2.38 bits per heavy atom. The zero-order valence-electron chi connectivity index (χ0n) is 9.25. The van der Waals surface area contributed by atoms with E-state index in [0.29, 0.717) is 0 Å². The summed E-state index contributed by atoms with van der Waals surface area (Å²) in [6, 6.07) is 2.12. The van der Waals surface area contributed by atoms with Crippen molar-refractivity contribution in [2.24, 2.45) is 0 Å². The molecular weight excluding hydrogens is 206 g/mol. The molecule has 0 spiro atoms. The molecule has 0 radical (unpaired) electrons. The Balaban J connectivity index is 1.81. The molecule has 1 fully saturated rings. The van der Waals surface area contributed by atoms with Crippen molar-refractivity contribution in [3.05, 3.63) is 18.5 Å². The third kappa shape index (κ3) is 2.82. The number of nitrogens with zero attached hydrogens (tertiary/aromatic N) is 3. The first-order valence-corrected chi connectivity index (χ1v) is 5.69. The van der Waals surface area contributed by atoms with Crippen LogP contribution in [0.4, 0.5) is 0 Å². The van der Waals surface area contributed by atoms with Crippen LogP contribution in [0.2, 0.25) is 0 Å². The topological polar surface area (TPSA) is 58.4 Å². The van der Waals surface area contributed by atoms with E-state index in [9.17, 15) is 4.79 Å². The maximum absolute atomic E-state index is 10.7. The van der Waals surface area contributed by atoms with Gasteiger partial charge in [-0.3, -0.25) is 14.4 Å². The molecule has 1 aromatic heterocycles. The van der Waals surface area contributed by atoms with Gasteiger partial charge in [-0.15, -0.1) is 0 Å². The summed E-state index contributed by atoms with van der Waals surface area (Å²) in [5.41, 5.74) is 0. The van der Waals surface area contributed by atoms with Gasteiger partial charge in [0.1, 0.15) is 0 Å². The molecule has 0 saturated carbocycles. The molecule has 16 heavy (non-hydrogen) atoms. The SMILES string of the molecule is O=C(O)CC1CCCN1CCn1cccn1. The molecule has 0 aliphatic carbocycles. The molecule has 1 N–H and O–H groups in total. The van der Waals surface area contributed by atoms with E-state index in [4.69, 9.17) is 5.11 Å². The third-order valence-corrected chi connectivity index (χ3v) is 3.08. The Kier molecular flexibility index (Phi) is 3.56. The van der Waals surface area contributed by atoms with E-state index in [-0.39, 0.29) is 12.5 Å². The predicted molar refractivity (Wildman–Crippen MR) is 59.1 cm³/mol. The maximum atomic E-state index is 10.7. The molecule has 1 atom stereocenters. The van der Waals surface area contributed by atoms with Crippen LogP contribution in [-0.4, -0.2) is 44.9 Å². The zero-order valence-corrected chi connectivity index (χ0v) is 9.25.